The third-order valence-electron chi connectivity index (χ3n) is 6.21. The second-order valence-electron chi connectivity index (χ2n) is 8.43. The largest absolute Gasteiger partial charge is 0.496 e. The Bertz CT molecular complexity index is 1210. The molecule has 0 radical (unpaired) electrons. The SMILES string of the molecule is COc1ccccc1CN(C1CCN(Cc2ccccc2)CC1)S(=O)(=O)c1cc(Cl)ccc1Cl. The molecule has 3 aromatic carbocycles. The summed E-state index contributed by atoms with van der Waals surface area (Å²) in [6.45, 7) is 2.66. The summed E-state index contributed by atoms with van der Waals surface area (Å²) < 4.78 is 34.9. The van der Waals surface area contributed by atoms with Crippen LogP contribution in [0.2, 0.25) is 10.0 Å². The molecule has 34 heavy (non-hydrogen) atoms. The van der Waals surface area contributed by atoms with Crippen molar-refractivity contribution in [3.8, 4) is 5.75 Å². The zero-order valence-electron chi connectivity index (χ0n) is 19.0. The van der Waals surface area contributed by atoms with Gasteiger partial charge in [0.25, 0.3) is 0 Å². The van der Waals surface area contributed by atoms with E-state index < -0.39 is 10.0 Å². The molecule has 0 aliphatic carbocycles. The van der Waals surface area contributed by atoms with E-state index >= 15 is 0 Å². The number of likely N-dealkylation sites (tertiary alicyclic amines) is 1. The average Bonchev–Trinajstić information content (AvgIpc) is 2.85. The van der Waals surface area contributed by atoms with Gasteiger partial charge in [0.15, 0.2) is 0 Å². The fraction of sp³-hybridized carbons (Fsp3) is 0.308. The highest BCUT2D eigenvalue weighted by atomic mass is 35.5. The number of rotatable bonds is 8. The van der Waals surface area contributed by atoms with Gasteiger partial charge in [-0.15, -0.1) is 0 Å². The van der Waals surface area contributed by atoms with Crippen LogP contribution in [0.25, 0.3) is 0 Å². The Morgan fingerprint density at radius 1 is 0.971 bits per heavy atom. The van der Waals surface area contributed by atoms with Crippen molar-refractivity contribution in [1.29, 1.82) is 0 Å². The summed E-state index contributed by atoms with van der Waals surface area (Å²) >= 11 is 12.5. The van der Waals surface area contributed by atoms with Crippen molar-refractivity contribution in [3.63, 3.8) is 0 Å². The van der Waals surface area contributed by atoms with Crippen LogP contribution in [0.15, 0.2) is 77.7 Å². The van der Waals surface area contributed by atoms with Crippen LogP contribution in [0.3, 0.4) is 0 Å². The van der Waals surface area contributed by atoms with Gasteiger partial charge in [0.2, 0.25) is 10.0 Å². The van der Waals surface area contributed by atoms with E-state index in [1.807, 2.05) is 42.5 Å². The Balaban J connectivity index is 1.61. The number of hydrogen-bond donors (Lipinski definition) is 0. The highest BCUT2D eigenvalue weighted by Crippen LogP contribution is 2.33. The molecule has 0 spiro atoms. The second-order valence-corrected chi connectivity index (χ2v) is 11.1. The molecule has 0 N–H and O–H groups in total. The first-order chi connectivity index (χ1) is 16.4. The molecule has 0 aromatic heterocycles. The van der Waals surface area contributed by atoms with Gasteiger partial charge >= 0.3 is 0 Å². The van der Waals surface area contributed by atoms with Gasteiger partial charge in [0, 0.05) is 42.8 Å². The van der Waals surface area contributed by atoms with E-state index in [-0.39, 0.29) is 22.5 Å². The van der Waals surface area contributed by atoms with Gasteiger partial charge in [-0.3, -0.25) is 4.90 Å². The van der Waals surface area contributed by atoms with Crippen LogP contribution in [0.1, 0.15) is 24.0 Å². The molecule has 0 unspecified atom stereocenters. The number of halogens is 2. The third kappa shape index (κ3) is 5.75. The topological polar surface area (TPSA) is 49.9 Å². The summed E-state index contributed by atoms with van der Waals surface area (Å²) in [5, 5.41) is 0.494. The van der Waals surface area contributed by atoms with Crippen molar-refractivity contribution in [1.82, 2.24) is 9.21 Å². The zero-order valence-corrected chi connectivity index (χ0v) is 21.4. The molecule has 4 rings (SSSR count). The van der Waals surface area contributed by atoms with Crippen LogP contribution in [0.4, 0.5) is 0 Å². The van der Waals surface area contributed by atoms with Crippen molar-refractivity contribution in [2.24, 2.45) is 0 Å². The molecule has 1 heterocycles. The number of methoxy groups -OCH3 is 1. The summed E-state index contributed by atoms with van der Waals surface area (Å²) in [7, 11) is -2.32. The first kappa shape index (κ1) is 25.0. The Kier molecular flexibility index (Phi) is 8.17. The minimum Gasteiger partial charge on any atom is -0.496 e. The number of benzene rings is 3. The lowest BCUT2D eigenvalue weighted by Gasteiger charge is -2.38. The number of hydrogen-bond acceptors (Lipinski definition) is 4. The molecule has 1 aliphatic rings. The lowest BCUT2D eigenvalue weighted by atomic mass is 10.0. The summed E-state index contributed by atoms with van der Waals surface area (Å²) in [5.41, 5.74) is 2.06. The average molecular weight is 519 g/mol. The fourth-order valence-corrected chi connectivity index (χ4v) is 6.82. The smallest absolute Gasteiger partial charge is 0.245 e. The summed E-state index contributed by atoms with van der Waals surface area (Å²) in [6, 6.07) is 22.2. The van der Waals surface area contributed by atoms with E-state index in [1.165, 1.54) is 17.7 Å². The van der Waals surface area contributed by atoms with Gasteiger partial charge in [0.05, 0.1) is 12.1 Å². The summed E-state index contributed by atoms with van der Waals surface area (Å²) in [6.07, 6.45) is 1.44. The minimum atomic E-state index is -3.91. The Hall–Kier alpha value is -2.09. The van der Waals surface area contributed by atoms with Gasteiger partial charge in [0.1, 0.15) is 10.6 Å². The second kappa shape index (κ2) is 11.1. The van der Waals surface area contributed by atoms with Gasteiger partial charge < -0.3 is 4.74 Å². The van der Waals surface area contributed by atoms with E-state index in [2.05, 4.69) is 17.0 Å². The molecular formula is C26H28Cl2N2O3S. The van der Waals surface area contributed by atoms with E-state index in [1.54, 1.807) is 17.5 Å². The zero-order chi connectivity index (χ0) is 24.1. The third-order valence-corrected chi connectivity index (χ3v) is 8.83. The maximum Gasteiger partial charge on any atom is 0.245 e. The van der Waals surface area contributed by atoms with E-state index in [9.17, 15) is 8.42 Å². The maximum atomic E-state index is 13.9. The number of para-hydroxylation sites is 1. The van der Waals surface area contributed by atoms with E-state index in [0.29, 0.717) is 10.8 Å². The molecular weight excluding hydrogens is 491 g/mol. The highest BCUT2D eigenvalue weighted by Gasteiger charge is 2.35. The summed E-state index contributed by atoms with van der Waals surface area (Å²) in [4.78, 5) is 2.40. The Labute approximate surface area is 211 Å². The van der Waals surface area contributed by atoms with Gasteiger partial charge in [-0.2, -0.15) is 4.31 Å². The van der Waals surface area contributed by atoms with Crippen LogP contribution in [-0.4, -0.2) is 43.9 Å². The first-order valence-corrected chi connectivity index (χ1v) is 13.4. The highest BCUT2D eigenvalue weighted by molar-refractivity contribution is 7.89. The minimum absolute atomic E-state index is 0.0308. The van der Waals surface area contributed by atoms with Crippen molar-refractivity contribution in [2.45, 2.75) is 36.9 Å². The van der Waals surface area contributed by atoms with Crippen molar-refractivity contribution in [2.75, 3.05) is 20.2 Å². The molecule has 1 fully saturated rings. The quantitative estimate of drug-likeness (QED) is 0.374. The van der Waals surface area contributed by atoms with Gasteiger partial charge in [-0.05, 0) is 42.7 Å². The lowest BCUT2D eigenvalue weighted by molar-refractivity contribution is 0.150. The fourth-order valence-electron chi connectivity index (χ4n) is 4.42. The van der Waals surface area contributed by atoms with Crippen LogP contribution in [0.5, 0.6) is 5.75 Å². The van der Waals surface area contributed by atoms with Crippen molar-refractivity contribution < 1.29 is 13.2 Å². The predicted molar refractivity (Wildman–Crippen MR) is 137 cm³/mol. The number of piperidine rings is 1. The maximum absolute atomic E-state index is 13.9. The Morgan fingerprint density at radius 2 is 1.65 bits per heavy atom. The molecule has 1 aliphatic heterocycles. The monoisotopic (exact) mass is 518 g/mol. The molecule has 0 amide bonds. The summed E-state index contributed by atoms with van der Waals surface area (Å²) in [5.74, 6) is 0.654. The first-order valence-electron chi connectivity index (χ1n) is 11.2. The van der Waals surface area contributed by atoms with Gasteiger partial charge in [-0.25, -0.2) is 8.42 Å². The number of sulfonamides is 1. The van der Waals surface area contributed by atoms with Crippen LogP contribution in [-0.2, 0) is 23.1 Å². The molecule has 8 heteroatoms. The molecule has 3 aromatic rings. The van der Waals surface area contributed by atoms with Crippen molar-refractivity contribution >= 4 is 33.2 Å². The Morgan fingerprint density at radius 3 is 2.35 bits per heavy atom. The van der Waals surface area contributed by atoms with Crippen molar-refractivity contribution in [3.05, 3.63) is 94.0 Å². The predicted octanol–water partition coefficient (Wildman–Crippen LogP) is 5.86. The number of ether oxygens (including phenoxy) is 1. The van der Waals surface area contributed by atoms with Crippen LogP contribution >= 0.6 is 23.2 Å². The van der Waals surface area contributed by atoms with E-state index in [4.69, 9.17) is 27.9 Å². The van der Waals surface area contributed by atoms with E-state index in [0.717, 1.165) is 38.0 Å². The molecule has 0 atom stereocenters. The number of nitrogens with zero attached hydrogens (tertiary/aromatic N) is 2. The molecule has 0 bridgehead atoms. The van der Waals surface area contributed by atoms with Crippen LogP contribution < -0.4 is 4.74 Å². The normalized spacial score (nSPS) is 15.5. The van der Waals surface area contributed by atoms with Crippen LogP contribution in [0, 0.1) is 0 Å². The molecule has 0 saturated carbocycles. The van der Waals surface area contributed by atoms with Gasteiger partial charge in [-0.1, -0.05) is 71.7 Å². The lowest BCUT2D eigenvalue weighted by Crippen LogP contribution is -2.46. The molecule has 1 saturated heterocycles. The molecule has 180 valence electrons. The molecule has 5 nitrogen and oxygen atoms in total. The standard InChI is InChI=1S/C26H28Cl2N2O3S/c1-33-25-10-6-5-9-21(25)19-30(34(31,32)26-17-22(27)11-12-24(26)28)23-13-15-29(16-14-23)18-20-7-3-2-4-8-20/h2-12,17,23H,13-16,18-19H2,1H3.